The van der Waals surface area contributed by atoms with E-state index < -0.39 is 0 Å². The highest BCUT2D eigenvalue weighted by Gasteiger charge is 2.19. The van der Waals surface area contributed by atoms with Crippen LogP contribution in [0.15, 0.2) is 23.0 Å². The molecule has 1 aliphatic rings. The van der Waals surface area contributed by atoms with E-state index in [0.29, 0.717) is 5.92 Å². The predicted octanol–water partition coefficient (Wildman–Crippen LogP) is 1.63. The molecule has 4 nitrogen and oxygen atoms in total. The summed E-state index contributed by atoms with van der Waals surface area (Å²) in [4.78, 5) is 16.1. The Labute approximate surface area is 97.1 Å². The smallest absolute Gasteiger partial charge is 0.271 e. The fourth-order valence-corrected chi connectivity index (χ4v) is 3.23. The van der Waals surface area contributed by atoms with Crippen LogP contribution in [0.4, 0.5) is 0 Å². The van der Waals surface area contributed by atoms with Crippen molar-refractivity contribution >= 4 is 17.4 Å². The number of fused-ring (bicyclic) bond motifs is 1. The first-order chi connectivity index (χ1) is 7.84. The van der Waals surface area contributed by atoms with Crippen molar-refractivity contribution < 1.29 is 0 Å². The first kappa shape index (κ1) is 9.96. The molecule has 16 heavy (non-hydrogen) atoms. The van der Waals surface area contributed by atoms with Gasteiger partial charge in [-0.3, -0.25) is 9.89 Å². The van der Waals surface area contributed by atoms with Crippen molar-refractivity contribution in [2.75, 3.05) is 11.5 Å². The fourth-order valence-electron chi connectivity index (χ4n) is 2.08. The molecule has 5 heteroatoms. The number of thioether (sulfide) groups is 1. The van der Waals surface area contributed by atoms with Gasteiger partial charge in [-0.1, -0.05) is 6.07 Å². The molecule has 2 aromatic rings. The number of nitrogens with zero attached hydrogens (tertiary/aromatic N) is 2. The number of aromatic nitrogens is 3. The Hall–Kier alpha value is -1.23. The van der Waals surface area contributed by atoms with Crippen LogP contribution in [-0.4, -0.2) is 26.1 Å². The van der Waals surface area contributed by atoms with Gasteiger partial charge in [0.2, 0.25) is 0 Å². The topological polar surface area (TPSA) is 50.2 Å². The Morgan fingerprint density at radius 3 is 3.19 bits per heavy atom. The van der Waals surface area contributed by atoms with Crippen LogP contribution < -0.4 is 5.56 Å². The molecule has 0 saturated carbocycles. The number of aromatic amines is 1. The molecule has 1 saturated heterocycles. The average molecular weight is 235 g/mol. The van der Waals surface area contributed by atoms with Crippen molar-refractivity contribution in [3.05, 3.63) is 34.4 Å². The predicted molar refractivity (Wildman–Crippen MR) is 65.1 cm³/mol. The fraction of sp³-hybridized carbons (Fsp3) is 0.455. The average Bonchev–Trinajstić information content (AvgIpc) is 2.76. The van der Waals surface area contributed by atoms with Crippen LogP contribution >= 0.6 is 11.8 Å². The molecule has 0 amide bonds. The van der Waals surface area contributed by atoms with E-state index in [2.05, 4.69) is 10.1 Å². The van der Waals surface area contributed by atoms with Gasteiger partial charge in [0.25, 0.3) is 5.56 Å². The van der Waals surface area contributed by atoms with Crippen LogP contribution in [0, 0.1) is 0 Å². The maximum atomic E-state index is 11.6. The summed E-state index contributed by atoms with van der Waals surface area (Å²) in [5, 5.41) is 3.11. The van der Waals surface area contributed by atoms with E-state index in [4.69, 9.17) is 0 Å². The van der Waals surface area contributed by atoms with E-state index in [1.54, 1.807) is 12.1 Å². The molecule has 0 bridgehead atoms. The van der Waals surface area contributed by atoms with E-state index in [1.807, 2.05) is 17.8 Å². The van der Waals surface area contributed by atoms with Gasteiger partial charge in [-0.2, -0.15) is 11.8 Å². The second kappa shape index (κ2) is 3.97. The zero-order valence-electron chi connectivity index (χ0n) is 8.85. The molecule has 3 heterocycles. The van der Waals surface area contributed by atoms with E-state index in [9.17, 15) is 4.79 Å². The van der Waals surface area contributed by atoms with Crippen LogP contribution in [0.3, 0.4) is 0 Å². The molecule has 1 aliphatic heterocycles. The highest BCUT2D eigenvalue weighted by atomic mass is 32.2. The summed E-state index contributed by atoms with van der Waals surface area (Å²) in [6, 6.07) is 5.15. The Morgan fingerprint density at radius 1 is 1.50 bits per heavy atom. The second-order valence-electron chi connectivity index (χ2n) is 4.08. The summed E-state index contributed by atoms with van der Waals surface area (Å²) in [6.45, 7) is 0. The molecule has 1 atom stereocenters. The lowest BCUT2D eigenvalue weighted by Gasteiger charge is -2.18. The van der Waals surface area contributed by atoms with Gasteiger partial charge in [-0.15, -0.1) is 0 Å². The molecule has 0 aliphatic carbocycles. The number of pyridine rings is 1. The summed E-state index contributed by atoms with van der Waals surface area (Å²) in [5.74, 6) is 3.78. The lowest BCUT2D eigenvalue weighted by Crippen LogP contribution is -2.13. The van der Waals surface area contributed by atoms with Gasteiger partial charge >= 0.3 is 0 Å². The highest BCUT2D eigenvalue weighted by Crippen LogP contribution is 2.29. The monoisotopic (exact) mass is 235 g/mol. The number of H-pyrrole nitrogens is 1. The molecule has 0 aromatic carbocycles. The third-order valence-corrected chi connectivity index (χ3v) is 4.16. The minimum absolute atomic E-state index is 0.0419. The number of rotatable bonds is 1. The zero-order valence-corrected chi connectivity index (χ0v) is 9.67. The van der Waals surface area contributed by atoms with E-state index in [-0.39, 0.29) is 5.56 Å². The van der Waals surface area contributed by atoms with Crippen LogP contribution in [0.25, 0.3) is 5.65 Å². The van der Waals surface area contributed by atoms with Gasteiger partial charge in [-0.05, 0) is 24.7 Å². The molecule has 1 unspecified atom stereocenters. The normalized spacial score (nSPS) is 21.4. The summed E-state index contributed by atoms with van der Waals surface area (Å²) < 4.78 is 1.52. The van der Waals surface area contributed by atoms with Crippen LogP contribution in [0.2, 0.25) is 0 Å². The van der Waals surface area contributed by atoms with Gasteiger partial charge < -0.3 is 0 Å². The lowest BCUT2D eigenvalue weighted by atomic mass is 10.1. The third-order valence-electron chi connectivity index (χ3n) is 2.94. The van der Waals surface area contributed by atoms with Crippen LogP contribution in [-0.2, 0) is 0 Å². The second-order valence-corrected chi connectivity index (χ2v) is 5.23. The van der Waals surface area contributed by atoms with Gasteiger partial charge in [0.1, 0.15) is 5.82 Å². The molecule has 84 valence electrons. The maximum absolute atomic E-state index is 11.6. The number of hydrogen-bond acceptors (Lipinski definition) is 3. The molecule has 3 rings (SSSR count). The van der Waals surface area contributed by atoms with E-state index in [0.717, 1.165) is 17.2 Å². The quantitative estimate of drug-likeness (QED) is 0.817. The minimum atomic E-state index is -0.0419. The van der Waals surface area contributed by atoms with Crippen molar-refractivity contribution in [3.63, 3.8) is 0 Å². The van der Waals surface area contributed by atoms with Gasteiger partial charge in [0, 0.05) is 17.7 Å². The van der Waals surface area contributed by atoms with Crippen molar-refractivity contribution in [1.29, 1.82) is 0 Å². The molecule has 0 spiro atoms. The van der Waals surface area contributed by atoms with Crippen molar-refractivity contribution in [2.24, 2.45) is 0 Å². The van der Waals surface area contributed by atoms with Gasteiger partial charge in [-0.25, -0.2) is 9.50 Å². The molecule has 2 aromatic heterocycles. The lowest BCUT2D eigenvalue weighted by molar-refractivity contribution is 0.621. The SMILES string of the molecule is O=c1cccc2nc(C3CCCSC3)[nH]n12. The zero-order chi connectivity index (χ0) is 11.0. The standard InChI is InChI=1S/C11H13N3OS/c15-10-5-1-4-9-12-11(13-14(9)10)8-3-2-6-16-7-8/h1,4-5,8H,2-3,6-7H2,(H,12,13). The Bertz CT molecular complexity index is 554. The number of nitrogens with one attached hydrogen (secondary N) is 1. The largest absolute Gasteiger partial charge is 0.276 e. The van der Waals surface area contributed by atoms with Crippen LogP contribution in [0.1, 0.15) is 24.6 Å². The first-order valence-electron chi connectivity index (χ1n) is 5.50. The van der Waals surface area contributed by atoms with E-state index >= 15 is 0 Å². The van der Waals surface area contributed by atoms with Crippen molar-refractivity contribution in [3.8, 4) is 0 Å². The summed E-state index contributed by atoms with van der Waals surface area (Å²) in [7, 11) is 0. The molecule has 1 fully saturated rings. The molecular formula is C11H13N3OS. The number of hydrogen-bond donors (Lipinski definition) is 1. The maximum Gasteiger partial charge on any atom is 0.271 e. The van der Waals surface area contributed by atoms with Gasteiger partial charge in [0.15, 0.2) is 5.65 Å². The van der Waals surface area contributed by atoms with Crippen molar-refractivity contribution in [1.82, 2.24) is 14.6 Å². The van der Waals surface area contributed by atoms with Gasteiger partial charge in [0.05, 0.1) is 0 Å². The highest BCUT2D eigenvalue weighted by molar-refractivity contribution is 7.99. The first-order valence-corrected chi connectivity index (χ1v) is 6.65. The minimum Gasteiger partial charge on any atom is -0.276 e. The summed E-state index contributed by atoms with van der Waals surface area (Å²) in [5.41, 5.74) is 0.679. The summed E-state index contributed by atoms with van der Waals surface area (Å²) in [6.07, 6.45) is 2.41. The van der Waals surface area contributed by atoms with Crippen molar-refractivity contribution in [2.45, 2.75) is 18.8 Å². The Kier molecular flexibility index (Phi) is 2.47. The third kappa shape index (κ3) is 1.65. The molecule has 0 radical (unpaired) electrons. The Balaban J connectivity index is 2.04. The Morgan fingerprint density at radius 2 is 2.44 bits per heavy atom. The molecule has 1 N–H and O–H groups in total. The molecular weight excluding hydrogens is 222 g/mol. The van der Waals surface area contributed by atoms with E-state index in [1.165, 1.54) is 23.1 Å². The summed E-state index contributed by atoms with van der Waals surface area (Å²) >= 11 is 1.96. The van der Waals surface area contributed by atoms with Crippen LogP contribution in [0.5, 0.6) is 0 Å².